The second-order valence-corrected chi connectivity index (χ2v) is 10.1. The first-order valence-electron chi connectivity index (χ1n) is 10.9. The Labute approximate surface area is 188 Å². The Morgan fingerprint density at radius 1 is 0.969 bits per heavy atom. The summed E-state index contributed by atoms with van der Waals surface area (Å²) >= 11 is 0. The predicted molar refractivity (Wildman–Crippen MR) is 123 cm³/mol. The molecule has 7 nitrogen and oxygen atoms in total. The lowest BCUT2D eigenvalue weighted by Crippen LogP contribution is -2.33. The van der Waals surface area contributed by atoms with Crippen molar-refractivity contribution in [2.75, 3.05) is 25.0 Å². The van der Waals surface area contributed by atoms with Crippen LogP contribution in [0.5, 0.6) is 0 Å². The Kier molecular flexibility index (Phi) is 6.17. The van der Waals surface area contributed by atoms with Crippen LogP contribution in [0.1, 0.15) is 37.3 Å². The Morgan fingerprint density at radius 2 is 1.66 bits per heavy atom. The number of carbonyl (C=O) groups excluding carboxylic acids is 2. The highest BCUT2D eigenvalue weighted by Crippen LogP contribution is 2.31. The molecule has 0 radical (unpaired) electrons. The number of rotatable bonds is 7. The van der Waals surface area contributed by atoms with Gasteiger partial charge >= 0.3 is 0 Å². The number of nitrogens with zero attached hydrogens (tertiary/aromatic N) is 2. The van der Waals surface area contributed by atoms with Crippen molar-refractivity contribution in [3.63, 3.8) is 0 Å². The van der Waals surface area contributed by atoms with Gasteiger partial charge in [-0.3, -0.25) is 14.5 Å². The normalized spacial score (nSPS) is 17.5. The number of anilines is 1. The quantitative estimate of drug-likeness (QED) is 0.650. The van der Waals surface area contributed by atoms with Crippen LogP contribution in [-0.2, 0) is 19.6 Å². The van der Waals surface area contributed by atoms with Gasteiger partial charge in [-0.2, -0.15) is 4.31 Å². The third kappa shape index (κ3) is 4.08. The van der Waals surface area contributed by atoms with E-state index >= 15 is 0 Å². The summed E-state index contributed by atoms with van der Waals surface area (Å²) in [5.74, 6) is -0.746. The Bertz CT molecular complexity index is 1180. The lowest BCUT2D eigenvalue weighted by Gasteiger charge is -2.17. The van der Waals surface area contributed by atoms with Crippen LogP contribution in [-0.4, -0.2) is 49.1 Å². The van der Waals surface area contributed by atoms with Gasteiger partial charge in [0.05, 0.1) is 10.5 Å². The molecule has 1 N–H and O–H groups in total. The molecule has 0 atom stereocenters. The summed E-state index contributed by atoms with van der Waals surface area (Å²) in [5.41, 5.74) is 2.62. The monoisotopic (exact) mass is 453 g/mol. The summed E-state index contributed by atoms with van der Waals surface area (Å²) < 4.78 is 27.4. The van der Waals surface area contributed by atoms with Crippen molar-refractivity contribution in [3.05, 3.63) is 65.4 Å². The number of aryl methyl sites for hydroxylation is 1. The number of carbonyl (C=O) groups is 2. The van der Waals surface area contributed by atoms with E-state index in [1.54, 1.807) is 18.2 Å². The lowest BCUT2D eigenvalue weighted by molar-refractivity contribution is -0.136. The smallest absolute Gasteiger partial charge is 0.278 e. The number of hydrogen-bond donors (Lipinski definition) is 1. The molecule has 2 aliphatic heterocycles. The minimum Gasteiger partial charge on any atom is -0.350 e. The maximum Gasteiger partial charge on any atom is 0.278 e. The van der Waals surface area contributed by atoms with Crippen LogP contribution in [0.15, 0.2) is 59.1 Å². The summed E-state index contributed by atoms with van der Waals surface area (Å²) in [4.78, 5) is 27.6. The molecule has 168 valence electrons. The van der Waals surface area contributed by atoms with Crippen LogP contribution >= 0.6 is 0 Å². The lowest BCUT2D eigenvalue weighted by atomic mass is 10.0. The highest BCUT2D eigenvalue weighted by atomic mass is 32.2. The van der Waals surface area contributed by atoms with Gasteiger partial charge in [-0.25, -0.2) is 8.42 Å². The number of nitrogens with one attached hydrogen (secondary N) is 1. The van der Waals surface area contributed by atoms with Gasteiger partial charge in [0.1, 0.15) is 5.70 Å². The van der Waals surface area contributed by atoms with E-state index in [2.05, 4.69) is 5.32 Å². The van der Waals surface area contributed by atoms with E-state index in [1.807, 2.05) is 38.1 Å². The van der Waals surface area contributed by atoms with Gasteiger partial charge in [0, 0.05) is 25.3 Å². The Morgan fingerprint density at radius 3 is 2.31 bits per heavy atom. The third-order valence-electron chi connectivity index (χ3n) is 5.76. The Balaban J connectivity index is 1.72. The van der Waals surface area contributed by atoms with Crippen molar-refractivity contribution in [2.45, 2.75) is 38.0 Å². The molecular formula is C24H27N3O4S. The fourth-order valence-corrected chi connectivity index (χ4v) is 5.63. The fourth-order valence-electron chi connectivity index (χ4n) is 4.06. The molecule has 2 aliphatic rings. The van der Waals surface area contributed by atoms with Gasteiger partial charge in [-0.1, -0.05) is 42.8 Å². The van der Waals surface area contributed by atoms with Crippen LogP contribution < -0.4 is 5.32 Å². The SMILES string of the molecule is CCCN1C(=O)C(Nc2cccc(S(=O)(=O)N3CCCC3)c2)=C(c2ccc(C)cc2)C1=O. The minimum atomic E-state index is -3.59. The van der Waals surface area contributed by atoms with Crippen molar-refractivity contribution < 1.29 is 18.0 Å². The van der Waals surface area contributed by atoms with Crippen LogP contribution in [0.3, 0.4) is 0 Å². The minimum absolute atomic E-state index is 0.169. The van der Waals surface area contributed by atoms with E-state index in [9.17, 15) is 18.0 Å². The average Bonchev–Trinajstić information content (AvgIpc) is 3.40. The van der Waals surface area contributed by atoms with E-state index in [1.165, 1.54) is 15.3 Å². The maximum absolute atomic E-state index is 13.1. The molecule has 2 aromatic rings. The van der Waals surface area contributed by atoms with Crippen LogP contribution in [0.25, 0.3) is 5.57 Å². The van der Waals surface area contributed by atoms with Gasteiger partial charge in [0.15, 0.2) is 0 Å². The van der Waals surface area contributed by atoms with E-state index in [0.717, 1.165) is 18.4 Å². The van der Waals surface area contributed by atoms with Crippen molar-refractivity contribution in [1.29, 1.82) is 0 Å². The number of sulfonamides is 1. The highest BCUT2D eigenvalue weighted by molar-refractivity contribution is 7.89. The van der Waals surface area contributed by atoms with E-state index < -0.39 is 15.9 Å². The number of amides is 2. The summed E-state index contributed by atoms with van der Waals surface area (Å²) in [6.07, 6.45) is 2.36. The van der Waals surface area contributed by atoms with Crippen molar-refractivity contribution >= 4 is 33.1 Å². The second-order valence-electron chi connectivity index (χ2n) is 8.14. The second kappa shape index (κ2) is 8.88. The zero-order chi connectivity index (χ0) is 22.9. The van der Waals surface area contributed by atoms with Gasteiger partial charge < -0.3 is 5.32 Å². The topological polar surface area (TPSA) is 86.8 Å². The standard InChI is InChI=1S/C24H27N3O4S/c1-3-13-27-23(28)21(18-11-9-17(2)10-12-18)22(24(27)29)25-19-7-6-8-20(16-19)32(30,31)26-14-4-5-15-26/h6-12,16,25H,3-5,13-15H2,1-2H3. The average molecular weight is 454 g/mol. The molecule has 2 aromatic carbocycles. The van der Waals surface area contributed by atoms with Gasteiger partial charge in [-0.15, -0.1) is 0 Å². The van der Waals surface area contributed by atoms with Crippen LogP contribution in [0.2, 0.25) is 0 Å². The van der Waals surface area contributed by atoms with Crippen LogP contribution in [0, 0.1) is 6.92 Å². The molecule has 2 amide bonds. The van der Waals surface area contributed by atoms with Gasteiger partial charge in [0.2, 0.25) is 10.0 Å². The maximum atomic E-state index is 13.1. The molecular weight excluding hydrogens is 426 g/mol. The predicted octanol–water partition coefficient (Wildman–Crippen LogP) is 3.38. The third-order valence-corrected chi connectivity index (χ3v) is 7.66. The summed E-state index contributed by atoms with van der Waals surface area (Å²) in [6, 6.07) is 13.8. The molecule has 4 rings (SSSR count). The largest absolute Gasteiger partial charge is 0.350 e. The zero-order valence-electron chi connectivity index (χ0n) is 18.3. The van der Waals surface area contributed by atoms with E-state index in [0.29, 0.717) is 42.9 Å². The Hall–Kier alpha value is -2.97. The highest BCUT2D eigenvalue weighted by Gasteiger charge is 2.38. The summed E-state index contributed by atoms with van der Waals surface area (Å²) in [5, 5.41) is 3.06. The molecule has 32 heavy (non-hydrogen) atoms. The molecule has 1 saturated heterocycles. The molecule has 0 bridgehead atoms. The van der Waals surface area contributed by atoms with Crippen molar-refractivity contribution in [2.24, 2.45) is 0 Å². The number of benzene rings is 2. The molecule has 2 heterocycles. The fraction of sp³-hybridized carbons (Fsp3) is 0.333. The molecule has 8 heteroatoms. The summed E-state index contributed by atoms with van der Waals surface area (Å²) in [6.45, 7) is 5.21. The first-order valence-corrected chi connectivity index (χ1v) is 12.3. The molecule has 0 unspecified atom stereocenters. The molecule has 0 saturated carbocycles. The van der Waals surface area contributed by atoms with Gasteiger partial charge in [-0.05, 0) is 49.9 Å². The van der Waals surface area contributed by atoms with E-state index in [4.69, 9.17) is 0 Å². The number of hydrogen-bond acceptors (Lipinski definition) is 5. The first-order chi connectivity index (χ1) is 15.3. The zero-order valence-corrected chi connectivity index (χ0v) is 19.1. The van der Waals surface area contributed by atoms with Crippen LogP contribution in [0.4, 0.5) is 5.69 Å². The number of imide groups is 1. The summed E-state index contributed by atoms with van der Waals surface area (Å²) in [7, 11) is -3.59. The molecule has 0 aliphatic carbocycles. The van der Waals surface area contributed by atoms with E-state index in [-0.39, 0.29) is 16.5 Å². The molecule has 0 spiro atoms. The van der Waals surface area contributed by atoms with Gasteiger partial charge in [0.25, 0.3) is 11.8 Å². The van der Waals surface area contributed by atoms with Crippen molar-refractivity contribution in [3.8, 4) is 0 Å². The first kappa shape index (κ1) is 22.2. The van der Waals surface area contributed by atoms with Crippen molar-refractivity contribution in [1.82, 2.24) is 9.21 Å². The molecule has 1 fully saturated rings. The molecule has 0 aromatic heterocycles.